The summed E-state index contributed by atoms with van der Waals surface area (Å²) < 4.78 is 13.5. The van der Waals surface area contributed by atoms with Crippen LogP contribution in [0.5, 0.6) is 0 Å². The predicted molar refractivity (Wildman–Crippen MR) is 76.2 cm³/mol. The number of hydrogen-bond acceptors (Lipinski definition) is 3. The number of fused-ring (bicyclic) bond motifs is 1. The van der Waals surface area contributed by atoms with Gasteiger partial charge in [-0.15, -0.1) is 0 Å². The molecule has 2 heterocycles. The number of nitrogens with one attached hydrogen (secondary N) is 1. The highest BCUT2D eigenvalue weighted by Crippen LogP contribution is 2.33. The molecule has 2 rings (SSSR count). The van der Waals surface area contributed by atoms with Crippen molar-refractivity contribution >= 4 is 22.5 Å². The molecule has 0 bridgehead atoms. The van der Waals surface area contributed by atoms with E-state index in [4.69, 9.17) is 0 Å². The molecule has 1 aromatic rings. The molecule has 5 nitrogen and oxygen atoms in total. The SMILES string of the molecule is CC(C)C(=O)Nc1c2c(nn1C(C)(C)C)C[S@@](=O)C2. The maximum absolute atomic E-state index is 11.9. The first-order valence-corrected chi connectivity index (χ1v) is 7.96. The number of amides is 1. The molecule has 0 saturated carbocycles. The number of hydrogen-bond donors (Lipinski definition) is 1. The minimum Gasteiger partial charge on any atom is -0.310 e. The summed E-state index contributed by atoms with van der Waals surface area (Å²) in [6.07, 6.45) is 0. The molecule has 0 radical (unpaired) electrons. The van der Waals surface area contributed by atoms with Crippen LogP contribution in [0, 0.1) is 5.92 Å². The summed E-state index contributed by atoms with van der Waals surface area (Å²) in [5.74, 6) is 1.56. The van der Waals surface area contributed by atoms with E-state index < -0.39 is 10.8 Å². The molecule has 1 aromatic heterocycles. The zero-order chi connectivity index (χ0) is 14.4. The fourth-order valence-electron chi connectivity index (χ4n) is 2.00. The maximum atomic E-state index is 11.9. The van der Waals surface area contributed by atoms with Crippen molar-refractivity contribution in [1.82, 2.24) is 9.78 Å². The molecular formula is C13H21N3O2S. The summed E-state index contributed by atoms with van der Waals surface area (Å²) in [4.78, 5) is 11.9. The first-order valence-electron chi connectivity index (χ1n) is 6.47. The average molecular weight is 283 g/mol. The number of aromatic nitrogens is 2. The van der Waals surface area contributed by atoms with Gasteiger partial charge in [0.05, 0.1) is 22.7 Å². The number of carbonyl (C=O) groups is 1. The number of carbonyl (C=O) groups excluding carboxylic acids is 1. The molecule has 0 aromatic carbocycles. The highest BCUT2D eigenvalue weighted by atomic mass is 32.2. The normalized spacial score (nSPS) is 18.7. The lowest BCUT2D eigenvalue weighted by atomic mass is 10.1. The molecule has 0 saturated heterocycles. The van der Waals surface area contributed by atoms with Crippen molar-refractivity contribution in [2.75, 3.05) is 5.32 Å². The van der Waals surface area contributed by atoms with Crippen molar-refractivity contribution in [2.24, 2.45) is 5.92 Å². The topological polar surface area (TPSA) is 64.0 Å². The molecular weight excluding hydrogens is 262 g/mol. The Balaban J connectivity index is 2.44. The Morgan fingerprint density at radius 2 is 2.00 bits per heavy atom. The van der Waals surface area contributed by atoms with Crippen LogP contribution in [0.1, 0.15) is 45.9 Å². The lowest BCUT2D eigenvalue weighted by Gasteiger charge is -2.23. The van der Waals surface area contributed by atoms with E-state index in [-0.39, 0.29) is 17.4 Å². The van der Waals surface area contributed by atoms with Gasteiger partial charge in [0.25, 0.3) is 0 Å². The van der Waals surface area contributed by atoms with Gasteiger partial charge in [-0.05, 0) is 20.8 Å². The van der Waals surface area contributed by atoms with Gasteiger partial charge in [-0.1, -0.05) is 13.8 Å². The molecule has 1 amide bonds. The van der Waals surface area contributed by atoms with Crippen LogP contribution in [-0.2, 0) is 32.6 Å². The van der Waals surface area contributed by atoms with Crippen LogP contribution in [0.15, 0.2) is 0 Å². The van der Waals surface area contributed by atoms with Gasteiger partial charge in [0.15, 0.2) is 0 Å². The van der Waals surface area contributed by atoms with Crippen molar-refractivity contribution in [1.29, 1.82) is 0 Å². The van der Waals surface area contributed by atoms with Gasteiger partial charge in [0.2, 0.25) is 5.91 Å². The lowest BCUT2D eigenvalue weighted by Crippen LogP contribution is -2.28. The third-order valence-electron chi connectivity index (χ3n) is 3.07. The Kier molecular flexibility index (Phi) is 3.55. The zero-order valence-corrected chi connectivity index (χ0v) is 12.9. The largest absolute Gasteiger partial charge is 0.310 e. The van der Waals surface area contributed by atoms with Gasteiger partial charge >= 0.3 is 0 Å². The van der Waals surface area contributed by atoms with E-state index in [0.29, 0.717) is 17.3 Å². The van der Waals surface area contributed by atoms with Crippen LogP contribution in [0.4, 0.5) is 5.82 Å². The van der Waals surface area contributed by atoms with Crippen LogP contribution in [0.3, 0.4) is 0 Å². The lowest BCUT2D eigenvalue weighted by molar-refractivity contribution is -0.118. The molecule has 0 aliphatic carbocycles. The Morgan fingerprint density at radius 3 is 2.53 bits per heavy atom. The van der Waals surface area contributed by atoms with E-state index in [0.717, 1.165) is 11.3 Å². The van der Waals surface area contributed by atoms with Gasteiger partial charge < -0.3 is 5.32 Å². The molecule has 0 unspecified atom stereocenters. The van der Waals surface area contributed by atoms with E-state index in [1.165, 1.54) is 0 Å². The van der Waals surface area contributed by atoms with Crippen molar-refractivity contribution in [3.05, 3.63) is 11.3 Å². The van der Waals surface area contributed by atoms with Gasteiger partial charge in [-0.2, -0.15) is 5.10 Å². The monoisotopic (exact) mass is 283 g/mol. The highest BCUT2D eigenvalue weighted by molar-refractivity contribution is 7.83. The fraction of sp³-hybridized carbons (Fsp3) is 0.692. The first-order chi connectivity index (χ1) is 8.70. The molecule has 1 atom stereocenters. The zero-order valence-electron chi connectivity index (χ0n) is 12.1. The molecule has 0 spiro atoms. The van der Waals surface area contributed by atoms with Crippen molar-refractivity contribution < 1.29 is 9.00 Å². The van der Waals surface area contributed by atoms with E-state index in [9.17, 15) is 9.00 Å². The van der Waals surface area contributed by atoms with Crippen LogP contribution in [-0.4, -0.2) is 19.9 Å². The molecule has 1 aliphatic rings. The standard InChI is InChI=1S/C13H21N3O2S/c1-8(2)12(17)14-11-9-6-19(18)7-10(9)15-16(11)13(3,4)5/h8H,6-7H2,1-5H3,(H,14,17)/t19-/m0/s1. The van der Waals surface area contributed by atoms with Crippen molar-refractivity contribution in [2.45, 2.75) is 51.7 Å². The van der Waals surface area contributed by atoms with Crippen molar-refractivity contribution in [3.8, 4) is 0 Å². The second-order valence-corrected chi connectivity index (χ2v) is 7.69. The summed E-state index contributed by atoms with van der Waals surface area (Å²) in [5.41, 5.74) is 1.57. The van der Waals surface area contributed by atoms with E-state index in [1.54, 1.807) is 0 Å². The minimum absolute atomic E-state index is 0.0362. The third kappa shape index (κ3) is 2.73. The Bertz CT molecular complexity index is 541. The summed E-state index contributed by atoms with van der Waals surface area (Å²) >= 11 is 0. The second-order valence-electron chi connectivity index (χ2n) is 6.23. The van der Waals surface area contributed by atoms with Crippen LogP contribution >= 0.6 is 0 Å². The smallest absolute Gasteiger partial charge is 0.228 e. The second kappa shape index (κ2) is 4.74. The Morgan fingerprint density at radius 1 is 1.37 bits per heavy atom. The summed E-state index contributed by atoms with van der Waals surface area (Å²) in [6, 6.07) is 0. The van der Waals surface area contributed by atoms with Gasteiger partial charge in [-0.25, -0.2) is 4.68 Å². The Hall–Kier alpha value is -1.17. The van der Waals surface area contributed by atoms with Crippen LogP contribution in [0.25, 0.3) is 0 Å². The molecule has 1 N–H and O–H groups in total. The molecule has 19 heavy (non-hydrogen) atoms. The molecule has 0 fully saturated rings. The predicted octanol–water partition coefficient (Wildman–Crippen LogP) is 1.99. The summed E-state index contributed by atoms with van der Waals surface area (Å²) in [7, 11) is -0.886. The van der Waals surface area contributed by atoms with Crippen molar-refractivity contribution in [3.63, 3.8) is 0 Å². The number of anilines is 1. The summed E-state index contributed by atoms with van der Waals surface area (Å²) in [6.45, 7) is 9.82. The van der Waals surface area contributed by atoms with E-state index in [1.807, 2.05) is 39.3 Å². The third-order valence-corrected chi connectivity index (χ3v) is 4.28. The molecule has 106 valence electrons. The van der Waals surface area contributed by atoms with E-state index in [2.05, 4.69) is 10.4 Å². The van der Waals surface area contributed by atoms with Gasteiger partial charge in [0, 0.05) is 22.3 Å². The van der Waals surface area contributed by atoms with E-state index >= 15 is 0 Å². The fourth-order valence-corrected chi connectivity index (χ4v) is 3.27. The average Bonchev–Trinajstić information content (AvgIpc) is 2.75. The first kappa shape index (κ1) is 14.2. The minimum atomic E-state index is -0.886. The van der Waals surface area contributed by atoms with Crippen LogP contribution in [0.2, 0.25) is 0 Å². The van der Waals surface area contributed by atoms with Gasteiger partial charge in [-0.3, -0.25) is 9.00 Å². The maximum Gasteiger partial charge on any atom is 0.228 e. The Labute approximate surface area is 116 Å². The molecule has 1 aliphatic heterocycles. The van der Waals surface area contributed by atoms with Crippen LogP contribution < -0.4 is 5.32 Å². The summed E-state index contributed by atoms with van der Waals surface area (Å²) in [5, 5.41) is 7.48. The quantitative estimate of drug-likeness (QED) is 0.903. The number of nitrogens with zero attached hydrogens (tertiary/aromatic N) is 2. The highest BCUT2D eigenvalue weighted by Gasteiger charge is 2.31. The number of rotatable bonds is 2. The van der Waals surface area contributed by atoms with Gasteiger partial charge in [0.1, 0.15) is 5.82 Å². The molecule has 6 heteroatoms.